The van der Waals surface area contributed by atoms with Crippen LogP contribution >= 0.6 is 0 Å². The molecule has 22 heavy (non-hydrogen) atoms. The molecule has 3 nitrogen and oxygen atoms in total. The SMILES string of the molecule is CCCOc1ccc(OC(=O)C2CCC(CC)CC2)cc1F. The quantitative estimate of drug-likeness (QED) is 0.562. The first-order chi connectivity index (χ1) is 10.6. The summed E-state index contributed by atoms with van der Waals surface area (Å²) < 4.78 is 24.4. The molecule has 0 aliphatic heterocycles. The van der Waals surface area contributed by atoms with E-state index < -0.39 is 5.82 Å². The van der Waals surface area contributed by atoms with Gasteiger partial charge in [0.2, 0.25) is 0 Å². The third-order valence-corrected chi connectivity index (χ3v) is 4.34. The Labute approximate surface area is 131 Å². The van der Waals surface area contributed by atoms with E-state index in [2.05, 4.69) is 6.92 Å². The second-order valence-corrected chi connectivity index (χ2v) is 5.99. The van der Waals surface area contributed by atoms with Crippen molar-refractivity contribution in [3.05, 3.63) is 24.0 Å². The summed E-state index contributed by atoms with van der Waals surface area (Å²) in [5, 5.41) is 0. The Morgan fingerprint density at radius 3 is 2.55 bits per heavy atom. The summed E-state index contributed by atoms with van der Waals surface area (Å²) in [7, 11) is 0. The fourth-order valence-corrected chi connectivity index (χ4v) is 2.88. The van der Waals surface area contributed by atoms with E-state index >= 15 is 0 Å². The van der Waals surface area contributed by atoms with Crippen molar-refractivity contribution in [2.45, 2.75) is 52.4 Å². The van der Waals surface area contributed by atoms with Crippen molar-refractivity contribution in [1.82, 2.24) is 0 Å². The zero-order valence-electron chi connectivity index (χ0n) is 13.4. The molecule has 1 aromatic carbocycles. The maximum Gasteiger partial charge on any atom is 0.314 e. The van der Waals surface area contributed by atoms with Gasteiger partial charge in [-0.25, -0.2) is 4.39 Å². The topological polar surface area (TPSA) is 35.5 Å². The van der Waals surface area contributed by atoms with Crippen LogP contribution in [0.5, 0.6) is 11.5 Å². The molecule has 4 heteroatoms. The molecule has 0 heterocycles. The van der Waals surface area contributed by atoms with Crippen LogP contribution in [0.1, 0.15) is 52.4 Å². The third kappa shape index (κ3) is 4.46. The second-order valence-electron chi connectivity index (χ2n) is 5.99. The molecule has 1 aliphatic rings. The zero-order chi connectivity index (χ0) is 15.9. The molecule has 0 amide bonds. The van der Waals surface area contributed by atoms with Crippen LogP contribution in [0, 0.1) is 17.7 Å². The summed E-state index contributed by atoms with van der Waals surface area (Å²) in [5.41, 5.74) is 0. The molecule has 0 saturated heterocycles. The summed E-state index contributed by atoms with van der Waals surface area (Å²) in [6.07, 6.45) is 5.89. The maximum absolute atomic E-state index is 13.8. The van der Waals surface area contributed by atoms with Crippen LogP contribution in [0.3, 0.4) is 0 Å². The maximum atomic E-state index is 13.8. The third-order valence-electron chi connectivity index (χ3n) is 4.34. The minimum absolute atomic E-state index is 0.0538. The molecule has 1 aliphatic carbocycles. The molecule has 2 rings (SSSR count). The Balaban J connectivity index is 1.90. The van der Waals surface area contributed by atoms with Gasteiger partial charge in [-0.05, 0) is 50.2 Å². The van der Waals surface area contributed by atoms with Gasteiger partial charge in [-0.2, -0.15) is 0 Å². The first-order valence-corrected chi connectivity index (χ1v) is 8.28. The largest absolute Gasteiger partial charge is 0.491 e. The Bertz CT molecular complexity index is 493. The highest BCUT2D eigenvalue weighted by molar-refractivity contribution is 5.75. The fourth-order valence-electron chi connectivity index (χ4n) is 2.88. The summed E-state index contributed by atoms with van der Waals surface area (Å²) >= 11 is 0. The van der Waals surface area contributed by atoms with Crippen LogP contribution in [0.2, 0.25) is 0 Å². The minimum atomic E-state index is -0.492. The first kappa shape index (κ1) is 16.8. The monoisotopic (exact) mass is 308 g/mol. The van der Waals surface area contributed by atoms with Crippen molar-refractivity contribution in [3.63, 3.8) is 0 Å². The highest BCUT2D eigenvalue weighted by Gasteiger charge is 2.27. The fraction of sp³-hybridized carbons (Fsp3) is 0.611. The predicted octanol–water partition coefficient (Wildman–Crippen LogP) is 4.74. The molecule has 1 aromatic rings. The van der Waals surface area contributed by atoms with Crippen LogP contribution in [-0.4, -0.2) is 12.6 Å². The van der Waals surface area contributed by atoms with Crippen molar-refractivity contribution < 1.29 is 18.7 Å². The number of halogens is 1. The van der Waals surface area contributed by atoms with Crippen molar-refractivity contribution in [2.24, 2.45) is 11.8 Å². The van der Waals surface area contributed by atoms with E-state index in [-0.39, 0.29) is 23.4 Å². The summed E-state index contributed by atoms with van der Waals surface area (Å²) in [6.45, 7) is 4.62. The molecule has 1 fully saturated rings. The van der Waals surface area contributed by atoms with E-state index in [1.807, 2.05) is 6.92 Å². The van der Waals surface area contributed by atoms with Gasteiger partial charge < -0.3 is 9.47 Å². The van der Waals surface area contributed by atoms with E-state index in [0.717, 1.165) is 38.0 Å². The Morgan fingerprint density at radius 1 is 1.23 bits per heavy atom. The number of ether oxygens (including phenoxy) is 2. The molecular weight excluding hydrogens is 283 g/mol. The van der Waals surface area contributed by atoms with Crippen molar-refractivity contribution in [3.8, 4) is 11.5 Å². The van der Waals surface area contributed by atoms with Crippen molar-refractivity contribution >= 4 is 5.97 Å². The minimum Gasteiger partial charge on any atom is -0.491 e. The smallest absolute Gasteiger partial charge is 0.314 e. The molecule has 0 unspecified atom stereocenters. The van der Waals surface area contributed by atoms with Crippen LogP contribution in [0.4, 0.5) is 4.39 Å². The number of hydrogen-bond acceptors (Lipinski definition) is 3. The predicted molar refractivity (Wildman–Crippen MR) is 83.6 cm³/mol. The van der Waals surface area contributed by atoms with Gasteiger partial charge in [0.05, 0.1) is 12.5 Å². The van der Waals surface area contributed by atoms with Gasteiger partial charge in [0.15, 0.2) is 11.6 Å². The molecule has 0 N–H and O–H groups in total. The van der Waals surface area contributed by atoms with Crippen LogP contribution < -0.4 is 9.47 Å². The van der Waals surface area contributed by atoms with E-state index in [1.165, 1.54) is 18.6 Å². The van der Waals surface area contributed by atoms with Gasteiger partial charge in [-0.15, -0.1) is 0 Å². The standard InChI is InChI=1S/C18H25FO3/c1-3-11-21-17-10-9-15(12-16(17)19)22-18(20)14-7-5-13(4-2)6-8-14/h9-10,12-14H,3-8,11H2,1-2H3. The Hall–Kier alpha value is -1.58. The summed E-state index contributed by atoms with van der Waals surface area (Å²) in [4.78, 5) is 12.2. The molecule has 0 radical (unpaired) electrons. The van der Waals surface area contributed by atoms with Gasteiger partial charge in [0.25, 0.3) is 0 Å². The molecule has 0 atom stereocenters. The number of carbonyl (C=O) groups excluding carboxylic acids is 1. The van der Waals surface area contributed by atoms with Crippen molar-refractivity contribution in [1.29, 1.82) is 0 Å². The number of hydrogen-bond donors (Lipinski definition) is 0. The highest BCUT2D eigenvalue weighted by atomic mass is 19.1. The zero-order valence-corrected chi connectivity index (χ0v) is 13.4. The highest BCUT2D eigenvalue weighted by Crippen LogP contribution is 2.32. The van der Waals surface area contributed by atoms with Crippen LogP contribution in [-0.2, 0) is 4.79 Å². The van der Waals surface area contributed by atoms with E-state index in [1.54, 1.807) is 6.07 Å². The van der Waals surface area contributed by atoms with E-state index in [4.69, 9.17) is 9.47 Å². The Kier molecular flexibility index (Phi) is 6.22. The first-order valence-electron chi connectivity index (χ1n) is 8.28. The van der Waals surface area contributed by atoms with Gasteiger partial charge in [-0.1, -0.05) is 20.3 Å². The van der Waals surface area contributed by atoms with Crippen LogP contribution in [0.25, 0.3) is 0 Å². The lowest BCUT2D eigenvalue weighted by Gasteiger charge is -2.26. The molecule has 1 saturated carbocycles. The summed E-state index contributed by atoms with van der Waals surface area (Å²) in [6, 6.07) is 4.33. The van der Waals surface area contributed by atoms with Crippen molar-refractivity contribution in [2.75, 3.05) is 6.61 Å². The molecule has 0 spiro atoms. The molecular formula is C18H25FO3. The van der Waals surface area contributed by atoms with Gasteiger partial charge >= 0.3 is 5.97 Å². The molecule has 122 valence electrons. The van der Waals surface area contributed by atoms with Gasteiger partial charge in [0.1, 0.15) is 5.75 Å². The average molecular weight is 308 g/mol. The average Bonchev–Trinajstić information content (AvgIpc) is 2.54. The van der Waals surface area contributed by atoms with Gasteiger partial charge in [-0.3, -0.25) is 4.79 Å². The van der Waals surface area contributed by atoms with Crippen LogP contribution in [0.15, 0.2) is 18.2 Å². The lowest BCUT2D eigenvalue weighted by atomic mass is 9.81. The van der Waals surface area contributed by atoms with Gasteiger partial charge in [0, 0.05) is 6.07 Å². The molecule has 0 bridgehead atoms. The van der Waals surface area contributed by atoms with E-state index in [0.29, 0.717) is 6.61 Å². The Morgan fingerprint density at radius 2 is 1.95 bits per heavy atom. The number of rotatable bonds is 6. The normalized spacial score (nSPS) is 21.4. The lowest BCUT2D eigenvalue weighted by Crippen LogP contribution is -2.25. The number of esters is 1. The van der Waals surface area contributed by atoms with E-state index in [9.17, 15) is 9.18 Å². The molecule has 0 aromatic heterocycles. The number of benzene rings is 1. The number of carbonyl (C=O) groups is 1. The summed E-state index contributed by atoms with van der Waals surface area (Å²) in [5.74, 6) is 0.400. The second kappa shape index (κ2) is 8.16. The lowest BCUT2D eigenvalue weighted by molar-refractivity contribution is -0.140.